The molecule has 1 aromatic rings. The third-order valence-electron chi connectivity index (χ3n) is 3.58. The maximum absolute atomic E-state index is 11.2. The Balaban J connectivity index is 1.90. The SMILES string of the molecule is COC(=O)c1cc(OCC[C@@H]2CN(C(=O)O)CCN2C(=O)O)no1. The number of esters is 1. The van der Waals surface area contributed by atoms with Gasteiger partial charge in [0.15, 0.2) is 0 Å². The quantitative estimate of drug-likeness (QED) is 0.733. The summed E-state index contributed by atoms with van der Waals surface area (Å²) in [7, 11) is 1.20. The summed E-state index contributed by atoms with van der Waals surface area (Å²) >= 11 is 0. The number of carboxylic acid groups (broad SMARTS) is 2. The molecule has 2 rings (SSSR count). The number of piperazine rings is 1. The molecular weight excluding hydrogens is 326 g/mol. The Morgan fingerprint density at radius 2 is 2.08 bits per heavy atom. The molecule has 24 heavy (non-hydrogen) atoms. The molecule has 1 aromatic heterocycles. The molecule has 0 saturated carbocycles. The molecule has 2 heterocycles. The molecule has 0 aromatic carbocycles. The predicted octanol–water partition coefficient (Wildman–Crippen LogP) is 0.572. The molecule has 0 spiro atoms. The standard InChI is InChI=1S/C13H17N3O8/c1-22-11(17)9-6-10(14-24-9)23-5-2-8-7-15(12(18)19)3-4-16(8)13(20)21/h6,8H,2-5,7H2,1H3,(H,18,19)(H,20,21)/t8-/m1/s1. The van der Waals surface area contributed by atoms with Crippen LogP contribution >= 0.6 is 0 Å². The molecule has 132 valence electrons. The number of methoxy groups -OCH3 is 1. The zero-order chi connectivity index (χ0) is 17.7. The van der Waals surface area contributed by atoms with Gasteiger partial charge in [-0.2, -0.15) is 0 Å². The molecule has 2 N–H and O–H groups in total. The molecule has 1 aliphatic rings. The van der Waals surface area contributed by atoms with E-state index in [-0.39, 0.29) is 44.3 Å². The van der Waals surface area contributed by atoms with Gasteiger partial charge in [-0.1, -0.05) is 0 Å². The molecule has 2 amide bonds. The summed E-state index contributed by atoms with van der Waals surface area (Å²) in [6, 6.07) is 0.727. The van der Waals surface area contributed by atoms with Gasteiger partial charge >= 0.3 is 18.2 Å². The average Bonchev–Trinajstić information content (AvgIpc) is 3.02. The fraction of sp³-hybridized carbons (Fsp3) is 0.538. The topological polar surface area (TPSA) is 143 Å². The number of carbonyl (C=O) groups is 3. The lowest BCUT2D eigenvalue weighted by Gasteiger charge is -2.38. The van der Waals surface area contributed by atoms with Gasteiger partial charge in [0.05, 0.1) is 25.8 Å². The first-order chi connectivity index (χ1) is 11.4. The van der Waals surface area contributed by atoms with E-state index in [1.54, 1.807) is 0 Å². The van der Waals surface area contributed by atoms with Crippen LogP contribution in [0.25, 0.3) is 0 Å². The van der Waals surface area contributed by atoms with Gasteiger partial charge in [0, 0.05) is 26.1 Å². The number of hydrogen-bond donors (Lipinski definition) is 2. The molecular formula is C13H17N3O8. The number of hydrogen-bond acceptors (Lipinski definition) is 7. The first-order valence-corrected chi connectivity index (χ1v) is 7.07. The van der Waals surface area contributed by atoms with E-state index in [2.05, 4.69) is 9.89 Å². The number of aromatic nitrogens is 1. The molecule has 1 atom stereocenters. The van der Waals surface area contributed by atoms with Crippen molar-refractivity contribution in [2.45, 2.75) is 12.5 Å². The van der Waals surface area contributed by atoms with Gasteiger partial charge in [0.2, 0.25) is 5.76 Å². The van der Waals surface area contributed by atoms with Crippen LogP contribution in [-0.2, 0) is 4.74 Å². The van der Waals surface area contributed by atoms with Crippen molar-refractivity contribution in [3.05, 3.63) is 11.8 Å². The van der Waals surface area contributed by atoms with E-state index in [1.165, 1.54) is 18.1 Å². The maximum Gasteiger partial charge on any atom is 0.407 e. The summed E-state index contributed by atoms with van der Waals surface area (Å²) in [5.41, 5.74) is 0. The monoisotopic (exact) mass is 343 g/mol. The number of ether oxygens (including phenoxy) is 2. The minimum Gasteiger partial charge on any atom is -0.475 e. The second kappa shape index (κ2) is 7.53. The molecule has 11 heteroatoms. The van der Waals surface area contributed by atoms with E-state index in [9.17, 15) is 19.5 Å². The lowest BCUT2D eigenvalue weighted by molar-refractivity contribution is 0.0551. The van der Waals surface area contributed by atoms with Crippen LogP contribution in [0.5, 0.6) is 5.88 Å². The van der Waals surface area contributed by atoms with E-state index in [0.29, 0.717) is 0 Å². The van der Waals surface area contributed by atoms with Crippen molar-refractivity contribution >= 4 is 18.2 Å². The van der Waals surface area contributed by atoms with E-state index < -0.39 is 24.2 Å². The van der Waals surface area contributed by atoms with Crippen LogP contribution in [0, 0.1) is 0 Å². The minimum atomic E-state index is -1.11. The summed E-state index contributed by atoms with van der Waals surface area (Å²) in [6.45, 7) is 0.375. The van der Waals surface area contributed by atoms with Crippen molar-refractivity contribution in [2.75, 3.05) is 33.4 Å². The smallest absolute Gasteiger partial charge is 0.407 e. The van der Waals surface area contributed by atoms with Crippen LogP contribution in [0.3, 0.4) is 0 Å². The van der Waals surface area contributed by atoms with Gasteiger partial charge in [-0.3, -0.25) is 0 Å². The molecule has 11 nitrogen and oxygen atoms in total. The van der Waals surface area contributed by atoms with Gasteiger partial charge in [-0.25, -0.2) is 14.4 Å². The Bertz CT molecular complexity index is 616. The summed E-state index contributed by atoms with van der Waals surface area (Å²) in [5.74, 6) is -0.753. The van der Waals surface area contributed by atoms with Gasteiger partial charge < -0.3 is 34.0 Å². The normalized spacial score (nSPS) is 17.5. The van der Waals surface area contributed by atoms with Crippen molar-refractivity contribution in [2.24, 2.45) is 0 Å². The van der Waals surface area contributed by atoms with Crippen molar-refractivity contribution in [1.29, 1.82) is 0 Å². The van der Waals surface area contributed by atoms with Gasteiger partial charge in [-0.15, -0.1) is 0 Å². The summed E-state index contributed by atoms with van der Waals surface area (Å²) in [5, 5.41) is 21.7. The number of carbonyl (C=O) groups excluding carboxylic acids is 1. The molecule has 0 unspecified atom stereocenters. The zero-order valence-corrected chi connectivity index (χ0v) is 12.9. The zero-order valence-electron chi connectivity index (χ0n) is 12.9. The highest BCUT2D eigenvalue weighted by molar-refractivity contribution is 5.86. The van der Waals surface area contributed by atoms with Crippen LogP contribution in [0.2, 0.25) is 0 Å². The fourth-order valence-electron chi connectivity index (χ4n) is 2.35. The second-order valence-electron chi connectivity index (χ2n) is 5.02. The second-order valence-corrected chi connectivity index (χ2v) is 5.02. The predicted molar refractivity (Wildman–Crippen MR) is 76.1 cm³/mol. The lowest BCUT2D eigenvalue weighted by Crippen LogP contribution is -2.56. The Hall–Kier alpha value is -2.98. The lowest BCUT2D eigenvalue weighted by atomic mass is 10.1. The molecule has 0 aliphatic carbocycles. The Labute approximate surface area is 136 Å². The van der Waals surface area contributed by atoms with Crippen LogP contribution in [0.15, 0.2) is 10.6 Å². The average molecular weight is 343 g/mol. The molecule has 1 aliphatic heterocycles. The summed E-state index contributed by atoms with van der Waals surface area (Å²) in [4.78, 5) is 35.8. The summed E-state index contributed by atoms with van der Waals surface area (Å²) in [6.07, 6.45) is -1.94. The Kier molecular flexibility index (Phi) is 5.45. The van der Waals surface area contributed by atoms with E-state index >= 15 is 0 Å². The van der Waals surface area contributed by atoms with Gasteiger partial charge in [0.1, 0.15) is 0 Å². The van der Waals surface area contributed by atoms with Crippen LogP contribution < -0.4 is 4.74 Å². The van der Waals surface area contributed by atoms with Crippen molar-refractivity contribution in [1.82, 2.24) is 15.0 Å². The highest BCUT2D eigenvalue weighted by atomic mass is 16.6. The van der Waals surface area contributed by atoms with E-state index in [4.69, 9.17) is 14.4 Å². The van der Waals surface area contributed by atoms with E-state index in [1.807, 2.05) is 0 Å². The van der Waals surface area contributed by atoms with Crippen molar-refractivity contribution in [3.8, 4) is 5.88 Å². The first kappa shape index (κ1) is 17.4. The highest BCUT2D eigenvalue weighted by Crippen LogP contribution is 2.16. The molecule has 0 bridgehead atoms. The summed E-state index contributed by atoms with van der Waals surface area (Å²) < 4.78 is 14.5. The Morgan fingerprint density at radius 3 is 2.71 bits per heavy atom. The van der Waals surface area contributed by atoms with Crippen molar-refractivity contribution in [3.63, 3.8) is 0 Å². The Morgan fingerprint density at radius 1 is 1.33 bits per heavy atom. The van der Waals surface area contributed by atoms with E-state index in [0.717, 1.165) is 4.90 Å². The molecule has 0 radical (unpaired) electrons. The van der Waals surface area contributed by atoms with Crippen molar-refractivity contribution < 1.29 is 38.6 Å². The first-order valence-electron chi connectivity index (χ1n) is 7.07. The van der Waals surface area contributed by atoms with Gasteiger partial charge in [0.25, 0.3) is 5.88 Å². The molecule has 1 saturated heterocycles. The highest BCUT2D eigenvalue weighted by Gasteiger charge is 2.32. The number of amides is 2. The number of rotatable bonds is 5. The van der Waals surface area contributed by atoms with Crippen LogP contribution in [0.4, 0.5) is 9.59 Å². The largest absolute Gasteiger partial charge is 0.475 e. The van der Waals surface area contributed by atoms with Crippen LogP contribution in [-0.4, -0.2) is 82.7 Å². The third kappa shape index (κ3) is 4.06. The number of nitrogens with zero attached hydrogens (tertiary/aromatic N) is 3. The molecule has 1 fully saturated rings. The fourth-order valence-corrected chi connectivity index (χ4v) is 2.35. The van der Waals surface area contributed by atoms with Gasteiger partial charge in [-0.05, 0) is 5.16 Å². The van der Waals surface area contributed by atoms with Crippen LogP contribution in [0.1, 0.15) is 17.0 Å². The third-order valence-corrected chi connectivity index (χ3v) is 3.58. The maximum atomic E-state index is 11.2. The minimum absolute atomic E-state index is 0.0585.